The molecule has 120 valence electrons. The highest BCUT2D eigenvalue weighted by atomic mass is 16.2. The monoisotopic (exact) mass is 298 g/mol. The SMILES string of the molecule is C=C(CCNC(N)=O)[C@H](NC(=O)[C@@H](NC)C(C)C)C(C)=O. The highest BCUT2D eigenvalue weighted by molar-refractivity contribution is 5.91. The van der Waals surface area contributed by atoms with E-state index in [1.54, 1.807) is 7.05 Å². The van der Waals surface area contributed by atoms with Crippen LogP contribution in [0.2, 0.25) is 0 Å². The normalized spacial score (nSPS) is 13.4. The topological polar surface area (TPSA) is 113 Å². The van der Waals surface area contributed by atoms with Crippen LogP contribution in [0.4, 0.5) is 4.79 Å². The van der Waals surface area contributed by atoms with Crippen LogP contribution in [0, 0.1) is 5.92 Å². The van der Waals surface area contributed by atoms with E-state index in [0.717, 1.165) is 0 Å². The van der Waals surface area contributed by atoms with Crippen molar-refractivity contribution in [2.24, 2.45) is 11.7 Å². The van der Waals surface area contributed by atoms with Crippen LogP contribution in [-0.2, 0) is 9.59 Å². The molecule has 0 spiro atoms. The van der Waals surface area contributed by atoms with Crippen molar-refractivity contribution in [1.29, 1.82) is 0 Å². The highest BCUT2D eigenvalue weighted by Crippen LogP contribution is 2.08. The number of primary amides is 1. The maximum Gasteiger partial charge on any atom is 0.312 e. The van der Waals surface area contributed by atoms with E-state index < -0.39 is 12.1 Å². The van der Waals surface area contributed by atoms with Crippen molar-refractivity contribution in [1.82, 2.24) is 16.0 Å². The van der Waals surface area contributed by atoms with Gasteiger partial charge >= 0.3 is 6.03 Å². The van der Waals surface area contributed by atoms with Gasteiger partial charge in [-0.25, -0.2) is 4.79 Å². The number of hydrogen-bond donors (Lipinski definition) is 4. The summed E-state index contributed by atoms with van der Waals surface area (Å²) in [4.78, 5) is 34.5. The van der Waals surface area contributed by atoms with E-state index in [2.05, 4.69) is 22.5 Å². The molecular weight excluding hydrogens is 272 g/mol. The van der Waals surface area contributed by atoms with Gasteiger partial charge in [0.1, 0.15) is 6.04 Å². The minimum absolute atomic E-state index is 0.0902. The van der Waals surface area contributed by atoms with Crippen LogP contribution in [0.3, 0.4) is 0 Å². The molecule has 0 heterocycles. The van der Waals surface area contributed by atoms with Gasteiger partial charge in [0, 0.05) is 6.54 Å². The van der Waals surface area contributed by atoms with Crippen LogP contribution in [0.5, 0.6) is 0 Å². The predicted molar refractivity (Wildman–Crippen MR) is 81.6 cm³/mol. The summed E-state index contributed by atoms with van der Waals surface area (Å²) in [6.45, 7) is 9.29. The van der Waals surface area contributed by atoms with Crippen LogP contribution in [0.25, 0.3) is 0 Å². The summed E-state index contributed by atoms with van der Waals surface area (Å²) in [6, 6.07) is -1.79. The van der Waals surface area contributed by atoms with E-state index in [-0.39, 0.29) is 30.2 Å². The number of urea groups is 1. The number of nitrogens with two attached hydrogens (primary N) is 1. The summed E-state index contributed by atoms with van der Waals surface area (Å²) in [5, 5.41) is 8.03. The Morgan fingerprint density at radius 3 is 2.19 bits per heavy atom. The second-order valence-electron chi connectivity index (χ2n) is 5.26. The number of Topliss-reactive ketones (excluding diaryl/α,β-unsaturated/α-hetero) is 1. The third-order valence-electron chi connectivity index (χ3n) is 3.11. The van der Waals surface area contributed by atoms with Crippen molar-refractivity contribution in [3.8, 4) is 0 Å². The summed E-state index contributed by atoms with van der Waals surface area (Å²) in [6.07, 6.45) is 0.360. The maximum absolute atomic E-state index is 12.2. The molecule has 0 aromatic rings. The third kappa shape index (κ3) is 6.89. The zero-order chi connectivity index (χ0) is 16.6. The molecule has 3 amide bonds. The van der Waals surface area contributed by atoms with E-state index >= 15 is 0 Å². The number of nitrogens with one attached hydrogen (secondary N) is 3. The Bertz CT molecular complexity index is 407. The quantitative estimate of drug-likeness (QED) is 0.446. The Kier molecular flexibility index (Phi) is 8.30. The molecule has 0 rings (SSSR count). The number of rotatable bonds is 9. The fraction of sp³-hybridized carbons (Fsp3) is 0.643. The molecule has 0 aliphatic rings. The number of ketones is 1. The molecule has 0 saturated carbocycles. The summed E-state index contributed by atoms with van der Waals surface area (Å²) in [7, 11) is 1.69. The summed E-state index contributed by atoms with van der Waals surface area (Å²) in [5.74, 6) is -0.366. The Morgan fingerprint density at radius 1 is 1.24 bits per heavy atom. The van der Waals surface area contributed by atoms with Gasteiger partial charge < -0.3 is 21.7 Å². The van der Waals surface area contributed by atoms with Crippen LogP contribution >= 0.6 is 0 Å². The second kappa shape index (κ2) is 9.12. The van der Waals surface area contributed by atoms with Crippen molar-refractivity contribution in [3.05, 3.63) is 12.2 Å². The molecule has 0 radical (unpaired) electrons. The first-order valence-electron chi connectivity index (χ1n) is 6.89. The van der Waals surface area contributed by atoms with Gasteiger partial charge in [-0.1, -0.05) is 20.4 Å². The van der Waals surface area contributed by atoms with Crippen LogP contribution < -0.4 is 21.7 Å². The number of likely N-dealkylation sites (N-methyl/N-ethyl adjacent to an activating group) is 1. The first-order valence-corrected chi connectivity index (χ1v) is 6.89. The lowest BCUT2D eigenvalue weighted by molar-refractivity contribution is -0.128. The lowest BCUT2D eigenvalue weighted by Crippen LogP contribution is -2.51. The minimum atomic E-state index is -0.762. The zero-order valence-corrected chi connectivity index (χ0v) is 13.2. The lowest BCUT2D eigenvalue weighted by Gasteiger charge is -2.24. The Hall–Kier alpha value is -1.89. The van der Waals surface area contributed by atoms with Crippen LogP contribution in [0.1, 0.15) is 27.2 Å². The molecule has 0 aliphatic carbocycles. The molecule has 5 N–H and O–H groups in total. The van der Waals surface area contributed by atoms with Crippen molar-refractivity contribution < 1.29 is 14.4 Å². The minimum Gasteiger partial charge on any atom is -0.352 e. The van der Waals surface area contributed by atoms with E-state index in [4.69, 9.17) is 5.73 Å². The average molecular weight is 298 g/mol. The molecule has 0 unspecified atom stereocenters. The van der Waals surface area contributed by atoms with Gasteiger partial charge in [0.15, 0.2) is 5.78 Å². The summed E-state index contributed by atoms with van der Waals surface area (Å²) in [5.41, 5.74) is 5.49. The number of carbonyl (C=O) groups is 3. The molecule has 0 saturated heterocycles. The van der Waals surface area contributed by atoms with Crippen LogP contribution in [-0.4, -0.2) is 43.4 Å². The Labute approximate surface area is 125 Å². The van der Waals surface area contributed by atoms with Crippen LogP contribution in [0.15, 0.2) is 12.2 Å². The standard InChI is InChI=1S/C14H26N4O3/c1-8(2)11(16-5)13(20)18-12(10(4)19)9(3)6-7-17-14(15)21/h8,11-12,16H,3,6-7H2,1-2,4-5H3,(H,18,20)(H3,15,17,21)/t11-,12-/m0/s1. The molecule has 7 heteroatoms. The number of carbonyl (C=O) groups excluding carboxylic acids is 3. The van der Waals surface area contributed by atoms with E-state index in [1.807, 2.05) is 13.8 Å². The molecule has 0 bridgehead atoms. The van der Waals surface area contributed by atoms with E-state index in [9.17, 15) is 14.4 Å². The fourth-order valence-electron chi connectivity index (χ4n) is 1.98. The Balaban J connectivity index is 4.68. The van der Waals surface area contributed by atoms with Gasteiger partial charge in [-0.15, -0.1) is 0 Å². The highest BCUT2D eigenvalue weighted by Gasteiger charge is 2.26. The van der Waals surface area contributed by atoms with Gasteiger partial charge in [0.25, 0.3) is 0 Å². The molecule has 0 aliphatic heterocycles. The predicted octanol–water partition coefficient (Wildman–Crippen LogP) is -0.0812. The number of hydrogen-bond acceptors (Lipinski definition) is 4. The molecule has 0 fully saturated rings. The Morgan fingerprint density at radius 2 is 1.81 bits per heavy atom. The van der Waals surface area contributed by atoms with E-state index in [1.165, 1.54) is 6.92 Å². The van der Waals surface area contributed by atoms with Gasteiger partial charge in [0.05, 0.1) is 6.04 Å². The number of amides is 3. The van der Waals surface area contributed by atoms with E-state index in [0.29, 0.717) is 12.0 Å². The van der Waals surface area contributed by atoms with Gasteiger partial charge in [-0.3, -0.25) is 9.59 Å². The molecular formula is C14H26N4O3. The van der Waals surface area contributed by atoms with Gasteiger partial charge in [-0.2, -0.15) is 0 Å². The summed E-state index contributed by atoms with van der Waals surface area (Å²) >= 11 is 0. The second-order valence-corrected chi connectivity index (χ2v) is 5.26. The first kappa shape index (κ1) is 19.1. The van der Waals surface area contributed by atoms with Crippen molar-refractivity contribution in [3.63, 3.8) is 0 Å². The molecule has 2 atom stereocenters. The van der Waals surface area contributed by atoms with Crippen molar-refractivity contribution in [2.45, 2.75) is 39.3 Å². The third-order valence-corrected chi connectivity index (χ3v) is 3.11. The molecule has 0 aromatic heterocycles. The molecule has 7 nitrogen and oxygen atoms in total. The van der Waals surface area contributed by atoms with Gasteiger partial charge in [0.2, 0.25) is 5.91 Å². The van der Waals surface area contributed by atoms with Crippen molar-refractivity contribution >= 4 is 17.7 Å². The maximum atomic E-state index is 12.2. The largest absolute Gasteiger partial charge is 0.352 e. The fourth-order valence-corrected chi connectivity index (χ4v) is 1.98. The summed E-state index contributed by atoms with van der Waals surface area (Å²) < 4.78 is 0. The van der Waals surface area contributed by atoms with Gasteiger partial charge in [-0.05, 0) is 31.9 Å². The zero-order valence-electron chi connectivity index (χ0n) is 13.2. The molecule has 0 aromatic carbocycles. The lowest BCUT2D eigenvalue weighted by atomic mass is 9.99. The molecule has 21 heavy (non-hydrogen) atoms. The van der Waals surface area contributed by atoms with Crippen molar-refractivity contribution in [2.75, 3.05) is 13.6 Å². The smallest absolute Gasteiger partial charge is 0.312 e. The average Bonchev–Trinajstić information content (AvgIpc) is 2.35. The first-order chi connectivity index (χ1) is 9.70.